The third-order valence-corrected chi connectivity index (χ3v) is 5.95. The molecule has 2 rings (SSSR count). The molecular weight excluding hydrogens is 376 g/mol. The number of anilines is 1. The summed E-state index contributed by atoms with van der Waals surface area (Å²) < 4.78 is 5.38. The number of nitrogens with one attached hydrogen (secondary N) is 1. The average molecular weight is 411 g/mol. The molecule has 28 heavy (non-hydrogen) atoms. The number of thiazole rings is 1. The fourth-order valence-electron chi connectivity index (χ4n) is 3.14. The smallest absolute Gasteiger partial charge is 0.245 e. The number of hydrogen-bond donors (Lipinski definition) is 1. The lowest BCUT2D eigenvalue weighted by Gasteiger charge is -2.28. The van der Waals surface area contributed by atoms with E-state index in [1.807, 2.05) is 13.8 Å². The van der Waals surface area contributed by atoms with Gasteiger partial charge in [-0.25, -0.2) is 4.98 Å². The van der Waals surface area contributed by atoms with Crippen molar-refractivity contribution >= 4 is 28.3 Å². The van der Waals surface area contributed by atoms with Crippen LogP contribution in [0.1, 0.15) is 49.6 Å². The first-order valence-electron chi connectivity index (χ1n) is 10.3. The van der Waals surface area contributed by atoms with Gasteiger partial charge in [0.25, 0.3) is 0 Å². The highest BCUT2D eigenvalue weighted by Crippen LogP contribution is 2.21. The Morgan fingerprint density at radius 2 is 1.96 bits per heavy atom. The van der Waals surface area contributed by atoms with Crippen LogP contribution in [0.15, 0.2) is 0 Å². The van der Waals surface area contributed by atoms with E-state index in [2.05, 4.69) is 22.1 Å². The van der Waals surface area contributed by atoms with Gasteiger partial charge in [-0.3, -0.25) is 14.5 Å². The van der Waals surface area contributed by atoms with Gasteiger partial charge in [0.1, 0.15) is 0 Å². The number of morpholine rings is 1. The van der Waals surface area contributed by atoms with E-state index in [-0.39, 0.29) is 18.4 Å². The fourth-order valence-corrected chi connectivity index (χ4v) is 3.98. The number of ether oxygens (including phenoxy) is 1. The summed E-state index contributed by atoms with van der Waals surface area (Å²) in [4.78, 5) is 34.6. The molecule has 0 atom stereocenters. The van der Waals surface area contributed by atoms with E-state index in [0.717, 1.165) is 69.1 Å². The van der Waals surface area contributed by atoms with Crippen LogP contribution in [-0.2, 0) is 14.3 Å². The Hall–Kier alpha value is -1.51. The molecule has 0 bridgehead atoms. The largest absolute Gasteiger partial charge is 0.379 e. The van der Waals surface area contributed by atoms with Crippen LogP contribution in [0.2, 0.25) is 0 Å². The third-order valence-electron chi connectivity index (χ3n) is 4.96. The summed E-state index contributed by atoms with van der Waals surface area (Å²) in [6.45, 7) is 11.1. The summed E-state index contributed by atoms with van der Waals surface area (Å²) >= 11 is 1.47. The van der Waals surface area contributed by atoms with Gasteiger partial charge in [0.05, 0.1) is 25.5 Å². The molecule has 0 aromatic carbocycles. The zero-order valence-electron chi connectivity index (χ0n) is 17.5. The number of amides is 2. The van der Waals surface area contributed by atoms with Gasteiger partial charge in [-0.15, -0.1) is 11.3 Å². The molecule has 0 radical (unpaired) electrons. The Kier molecular flexibility index (Phi) is 9.87. The number of aryl methyl sites for hydroxylation is 2. The van der Waals surface area contributed by atoms with Crippen molar-refractivity contribution in [1.29, 1.82) is 0 Å². The van der Waals surface area contributed by atoms with Crippen LogP contribution < -0.4 is 5.32 Å². The van der Waals surface area contributed by atoms with Crippen LogP contribution in [0.25, 0.3) is 0 Å². The number of aromatic nitrogens is 1. The van der Waals surface area contributed by atoms with Gasteiger partial charge >= 0.3 is 0 Å². The number of rotatable bonds is 11. The Morgan fingerprint density at radius 3 is 2.61 bits per heavy atom. The summed E-state index contributed by atoms with van der Waals surface area (Å²) in [5, 5.41) is 3.45. The highest BCUT2D eigenvalue weighted by Gasteiger charge is 2.19. The highest BCUT2D eigenvalue weighted by atomic mass is 32.1. The molecule has 1 fully saturated rings. The van der Waals surface area contributed by atoms with Gasteiger partial charge in [0, 0.05) is 37.5 Å². The van der Waals surface area contributed by atoms with E-state index in [0.29, 0.717) is 18.1 Å². The predicted octanol–water partition coefficient (Wildman–Crippen LogP) is 2.83. The molecule has 158 valence electrons. The quantitative estimate of drug-likeness (QED) is 0.568. The van der Waals surface area contributed by atoms with Crippen molar-refractivity contribution < 1.29 is 14.3 Å². The second-order valence-corrected chi connectivity index (χ2v) is 8.49. The van der Waals surface area contributed by atoms with Crippen LogP contribution >= 0.6 is 11.3 Å². The molecule has 1 aromatic heterocycles. The van der Waals surface area contributed by atoms with Crippen molar-refractivity contribution in [2.45, 2.75) is 52.9 Å². The molecule has 1 aromatic rings. The molecule has 0 unspecified atom stereocenters. The first-order chi connectivity index (χ1) is 13.5. The van der Waals surface area contributed by atoms with Crippen molar-refractivity contribution in [3.63, 3.8) is 0 Å². The van der Waals surface area contributed by atoms with Crippen molar-refractivity contribution in [2.24, 2.45) is 0 Å². The number of nitrogens with zero attached hydrogens (tertiary/aromatic N) is 3. The lowest BCUT2D eigenvalue weighted by molar-refractivity contribution is -0.135. The standard InChI is InChI=1S/C20H34N4O3S/c1-4-5-6-8-19(26)24(10-7-9-23-11-13-27-14-12-23)15-18(25)22-20-21-16(2)17(3)28-20/h4-15H2,1-3H3,(H,21,22,25). The van der Waals surface area contributed by atoms with Gasteiger partial charge in [0.15, 0.2) is 5.13 Å². The highest BCUT2D eigenvalue weighted by molar-refractivity contribution is 7.15. The van der Waals surface area contributed by atoms with Crippen LogP contribution in [0.3, 0.4) is 0 Å². The van der Waals surface area contributed by atoms with Crippen molar-refractivity contribution in [3.05, 3.63) is 10.6 Å². The maximum absolute atomic E-state index is 12.6. The molecular formula is C20H34N4O3S. The first-order valence-corrected chi connectivity index (χ1v) is 11.1. The second kappa shape index (κ2) is 12.1. The molecule has 7 nitrogen and oxygen atoms in total. The molecule has 2 amide bonds. The topological polar surface area (TPSA) is 74.8 Å². The summed E-state index contributed by atoms with van der Waals surface area (Å²) in [5.74, 6) is -0.110. The van der Waals surface area contributed by atoms with Crippen LogP contribution in [0, 0.1) is 13.8 Å². The summed E-state index contributed by atoms with van der Waals surface area (Å²) in [6, 6.07) is 0. The Morgan fingerprint density at radius 1 is 1.21 bits per heavy atom. The number of unbranched alkanes of at least 4 members (excludes halogenated alkanes) is 2. The number of hydrogen-bond acceptors (Lipinski definition) is 6. The molecule has 1 aliphatic heterocycles. The van der Waals surface area contributed by atoms with Gasteiger partial charge in [-0.2, -0.15) is 0 Å². The van der Waals surface area contributed by atoms with E-state index in [9.17, 15) is 9.59 Å². The van der Waals surface area contributed by atoms with E-state index in [1.54, 1.807) is 4.90 Å². The molecule has 1 N–H and O–H groups in total. The van der Waals surface area contributed by atoms with E-state index < -0.39 is 0 Å². The summed E-state index contributed by atoms with van der Waals surface area (Å²) in [7, 11) is 0. The van der Waals surface area contributed by atoms with Crippen molar-refractivity contribution in [2.75, 3.05) is 51.3 Å². The van der Waals surface area contributed by atoms with Gasteiger partial charge < -0.3 is 15.0 Å². The van der Waals surface area contributed by atoms with E-state index in [4.69, 9.17) is 4.74 Å². The minimum atomic E-state index is -0.177. The Balaban J connectivity index is 1.86. The molecule has 0 saturated carbocycles. The summed E-state index contributed by atoms with van der Waals surface area (Å²) in [5.41, 5.74) is 0.929. The minimum absolute atomic E-state index is 0.0667. The molecule has 8 heteroatoms. The summed E-state index contributed by atoms with van der Waals surface area (Å²) in [6.07, 6.45) is 4.36. The van der Waals surface area contributed by atoms with Crippen molar-refractivity contribution in [3.8, 4) is 0 Å². The minimum Gasteiger partial charge on any atom is -0.379 e. The second-order valence-electron chi connectivity index (χ2n) is 7.29. The van der Waals surface area contributed by atoms with E-state index >= 15 is 0 Å². The van der Waals surface area contributed by atoms with E-state index in [1.165, 1.54) is 11.3 Å². The maximum atomic E-state index is 12.6. The van der Waals surface area contributed by atoms with Gasteiger partial charge in [-0.05, 0) is 26.7 Å². The number of carbonyl (C=O) groups excluding carboxylic acids is 2. The SMILES string of the molecule is CCCCCC(=O)N(CCCN1CCOCC1)CC(=O)Nc1nc(C)c(C)s1. The monoisotopic (exact) mass is 410 g/mol. The Bertz CT molecular complexity index is 609. The zero-order chi connectivity index (χ0) is 20.4. The lowest BCUT2D eigenvalue weighted by atomic mass is 10.2. The lowest BCUT2D eigenvalue weighted by Crippen LogP contribution is -2.41. The zero-order valence-corrected chi connectivity index (χ0v) is 18.3. The number of carbonyl (C=O) groups is 2. The van der Waals surface area contributed by atoms with Gasteiger partial charge in [-0.1, -0.05) is 19.8 Å². The van der Waals surface area contributed by atoms with Crippen molar-refractivity contribution in [1.82, 2.24) is 14.8 Å². The maximum Gasteiger partial charge on any atom is 0.245 e. The molecule has 1 aliphatic rings. The fraction of sp³-hybridized carbons (Fsp3) is 0.750. The normalized spacial score (nSPS) is 14.8. The first kappa shape index (κ1) is 22.8. The van der Waals surface area contributed by atoms with Crippen LogP contribution in [0.5, 0.6) is 0 Å². The van der Waals surface area contributed by atoms with Gasteiger partial charge in [0.2, 0.25) is 11.8 Å². The average Bonchev–Trinajstić information content (AvgIpc) is 2.98. The molecule has 2 heterocycles. The third kappa shape index (κ3) is 7.85. The molecule has 1 saturated heterocycles. The molecule has 0 spiro atoms. The Labute approximate surface area is 172 Å². The van der Waals surface area contributed by atoms with Crippen LogP contribution in [-0.4, -0.2) is 72.5 Å². The predicted molar refractivity (Wildman–Crippen MR) is 113 cm³/mol. The van der Waals surface area contributed by atoms with Crippen LogP contribution in [0.4, 0.5) is 5.13 Å². The molecule has 0 aliphatic carbocycles.